The second-order valence-electron chi connectivity index (χ2n) is 6.48. The number of pyridine rings is 1. The number of hydrogen-bond donors (Lipinski definition) is 2. The molecular weight excluding hydrogens is 322 g/mol. The van der Waals surface area contributed by atoms with Gasteiger partial charge in [0.2, 0.25) is 5.91 Å². The van der Waals surface area contributed by atoms with E-state index < -0.39 is 0 Å². The fourth-order valence-electron chi connectivity index (χ4n) is 3.67. The third-order valence-corrected chi connectivity index (χ3v) is 5.21. The van der Waals surface area contributed by atoms with E-state index in [0.717, 1.165) is 52.6 Å². The second-order valence-corrected chi connectivity index (χ2v) is 6.86. The number of fused-ring (bicyclic) bond motifs is 2. The van der Waals surface area contributed by atoms with Crippen molar-refractivity contribution in [2.45, 2.75) is 25.2 Å². The molecule has 2 aliphatic rings. The molecule has 0 unspecified atom stereocenters. The van der Waals surface area contributed by atoms with Crippen LogP contribution in [0, 0.1) is 0 Å². The molecule has 0 fully saturated rings. The lowest BCUT2D eigenvalue weighted by Gasteiger charge is -2.24. The molecule has 2 aromatic rings. The summed E-state index contributed by atoms with van der Waals surface area (Å²) in [6.07, 6.45) is 8.23. The maximum atomic E-state index is 11.3. The van der Waals surface area contributed by atoms with Crippen LogP contribution in [0.15, 0.2) is 42.6 Å². The molecule has 0 saturated carbocycles. The number of aromatic nitrogens is 1. The molecule has 122 valence electrons. The highest BCUT2D eigenvalue weighted by molar-refractivity contribution is 6.34. The average Bonchev–Trinajstić information content (AvgIpc) is 3.16. The van der Waals surface area contributed by atoms with Crippen molar-refractivity contribution >= 4 is 29.0 Å². The SMILES string of the molecule is CC(=O)Nc1cccc(-c2cnc3c(c2Cl)C2(CC=CC2)CN3)c1. The first-order valence-corrected chi connectivity index (χ1v) is 8.43. The van der Waals surface area contributed by atoms with E-state index in [0.29, 0.717) is 0 Å². The first-order chi connectivity index (χ1) is 11.6. The number of benzene rings is 1. The topological polar surface area (TPSA) is 54.0 Å². The smallest absolute Gasteiger partial charge is 0.221 e. The van der Waals surface area contributed by atoms with Crippen molar-refractivity contribution in [2.75, 3.05) is 17.2 Å². The van der Waals surface area contributed by atoms with Gasteiger partial charge in [0.15, 0.2) is 0 Å². The Labute approximate surface area is 145 Å². The van der Waals surface area contributed by atoms with Gasteiger partial charge in [-0.05, 0) is 30.5 Å². The summed E-state index contributed by atoms with van der Waals surface area (Å²) < 4.78 is 0. The first kappa shape index (κ1) is 15.2. The summed E-state index contributed by atoms with van der Waals surface area (Å²) in [5, 5.41) is 6.97. The molecule has 4 rings (SSSR count). The Morgan fingerprint density at radius 2 is 2.12 bits per heavy atom. The maximum Gasteiger partial charge on any atom is 0.221 e. The van der Waals surface area contributed by atoms with E-state index >= 15 is 0 Å². The van der Waals surface area contributed by atoms with Gasteiger partial charge in [0, 0.05) is 41.9 Å². The molecule has 4 nitrogen and oxygen atoms in total. The van der Waals surface area contributed by atoms with Crippen LogP contribution >= 0.6 is 11.6 Å². The summed E-state index contributed by atoms with van der Waals surface area (Å²) in [4.78, 5) is 15.9. The molecule has 0 radical (unpaired) electrons. The van der Waals surface area contributed by atoms with Crippen LogP contribution in [0.2, 0.25) is 5.02 Å². The van der Waals surface area contributed by atoms with Crippen LogP contribution in [0.5, 0.6) is 0 Å². The highest BCUT2D eigenvalue weighted by Gasteiger charge is 2.42. The predicted molar refractivity (Wildman–Crippen MR) is 97.5 cm³/mol. The van der Waals surface area contributed by atoms with Crippen molar-refractivity contribution in [1.29, 1.82) is 0 Å². The third kappa shape index (κ3) is 2.38. The van der Waals surface area contributed by atoms with Gasteiger partial charge in [0.05, 0.1) is 5.02 Å². The van der Waals surface area contributed by atoms with Gasteiger partial charge in [0.1, 0.15) is 5.82 Å². The summed E-state index contributed by atoms with van der Waals surface area (Å²) in [5.74, 6) is 0.802. The number of carbonyl (C=O) groups is 1. The molecule has 1 aromatic heterocycles. The van der Waals surface area contributed by atoms with Crippen LogP contribution in [-0.4, -0.2) is 17.4 Å². The lowest BCUT2D eigenvalue weighted by molar-refractivity contribution is -0.114. The number of nitrogens with zero attached hydrogens (tertiary/aromatic N) is 1. The maximum absolute atomic E-state index is 11.3. The third-order valence-electron chi connectivity index (χ3n) is 4.82. The zero-order valence-electron chi connectivity index (χ0n) is 13.4. The van der Waals surface area contributed by atoms with Gasteiger partial charge >= 0.3 is 0 Å². The Morgan fingerprint density at radius 1 is 1.33 bits per heavy atom. The second kappa shape index (κ2) is 5.64. The van der Waals surface area contributed by atoms with Crippen LogP contribution in [0.3, 0.4) is 0 Å². The number of hydrogen-bond acceptors (Lipinski definition) is 3. The zero-order chi connectivity index (χ0) is 16.7. The van der Waals surface area contributed by atoms with E-state index in [1.54, 1.807) is 0 Å². The van der Waals surface area contributed by atoms with E-state index in [1.807, 2.05) is 30.5 Å². The summed E-state index contributed by atoms with van der Waals surface area (Å²) in [6.45, 7) is 2.37. The quantitative estimate of drug-likeness (QED) is 0.799. The number of amides is 1. The van der Waals surface area contributed by atoms with Crippen LogP contribution in [0.4, 0.5) is 11.5 Å². The van der Waals surface area contributed by atoms with Crippen molar-refractivity contribution in [2.24, 2.45) is 0 Å². The molecule has 1 aliphatic heterocycles. The fourth-order valence-corrected chi connectivity index (χ4v) is 4.11. The lowest BCUT2D eigenvalue weighted by Crippen LogP contribution is -2.25. The molecule has 1 aliphatic carbocycles. The van der Waals surface area contributed by atoms with Gasteiger partial charge in [-0.15, -0.1) is 0 Å². The van der Waals surface area contributed by atoms with Crippen molar-refractivity contribution in [1.82, 2.24) is 4.98 Å². The Kier molecular flexibility index (Phi) is 3.57. The molecule has 24 heavy (non-hydrogen) atoms. The summed E-state index contributed by atoms with van der Waals surface area (Å²) in [6, 6.07) is 7.69. The number of halogens is 1. The van der Waals surface area contributed by atoms with E-state index in [4.69, 9.17) is 11.6 Å². The van der Waals surface area contributed by atoms with Crippen LogP contribution < -0.4 is 10.6 Å². The van der Waals surface area contributed by atoms with Crippen LogP contribution in [-0.2, 0) is 10.2 Å². The number of carbonyl (C=O) groups excluding carboxylic acids is 1. The zero-order valence-corrected chi connectivity index (χ0v) is 14.2. The van der Waals surface area contributed by atoms with Gasteiger partial charge in [-0.1, -0.05) is 35.9 Å². The monoisotopic (exact) mass is 339 g/mol. The summed E-state index contributed by atoms with van der Waals surface area (Å²) in [7, 11) is 0. The fraction of sp³-hybridized carbons (Fsp3) is 0.263. The number of allylic oxidation sites excluding steroid dienone is 2. The van der Waals surface area contributed by atoms with Crippen molar-refractivity contribution in [3.63, 3.8) is 0 Å². The van der Waals surface area contributed by atoms with Crippen LogP contribution in [0.1, 0.15) is 25.3 Å². The first-order valence-electron chi connectivity index (χ1n) is 8.05. The van der Waals surface area contributed by atoms with E-state index in [1.165, 1.54) is 6.92 Å². The Hall–Kier alpha value is -2.33. The van der Waals surface area contributed by atoms with Crippen molar-refractivity contribution in [3.8, 4) is 11.1 Å². The molecule has 1 aromatic carbocycles. The molecule has 5 heteroatoms. The predicted octanol–water partition coefficient (Wildman–Crippen LogP) is 4.37. The standard InChI is InChI=1S/C19H18ClN3O/c1-12(24)23-14-6-4-5-13(9-14)15-10-21-18-16(17(15)20)19(11-22-18)7-2-3-8-19/h2-6,9-10H,7-8,11H2,1H3,(H,21,22)(H,23,24). The molecule has 1 spiro atoms. The highest BCUT2D eigenvalue weighted by atomic mass is 35.5. The van der Waals surface area contributed by atoms with E-state index in [2.05, 4.69) is 27.8 Å². The Morgan fingerprint density at radius 3 is 2.88 bits per heavy atom. The normalized spacial score (nSPS) is 16.9. The van der Waals surface area contributed by atoms with Crippen molar-refractivity contribution < 1.29 is 4.79 Å². The number of nitrogens with one attached hydrogen (secondary N) is 2. The van der Waals surface area contributed by atoms with E-state index in [-0.39, 0.29) is 11.3 Å². The molecule has 2 heterocycles. The molecular formula is C19H18ClN3O. The molecule has 0 saturated heterocycles. The average molecular weight is 340 g/mol. The number of rotatable bonds is 2. The Balaban J connectivity index is 1.80. The highest BCUT2D eigenvalue weighted by Crippen LogP contribution is 2.49. The minimum Gasteiger partial charge on any atom is -0.369 e. The molecule has 0 atom stereocenters. The largest absolute Gasteiger partial charge is 0.369 e. The lowest BCUT2D eigenvalue weighted by atomic mass is 9.80. The van der Waals surface area contributed by atoms with Gasteiger partial charge in [-0.25, -0.2) is 4.98 Å². The van der Waals surface area contributed by atoms with Gasteiger partial charge < -0.3 is 10.6 Å². The van der Waals surface area contributed by atoms with Gasteiger partial charge in [-0.2, -0.15) is 0 Å². The van der Waals surface area contributed by atoms with E-state index in [9.17, 15) is 4.79 Å². The minimum absolute atomic E-state index is 0.0324. The van der Waals surface area contributed by atoms with Crippen LogP contribution in [0.25, 0.3) is 11.1 Å². The van der Waals surface area contributed by atoms with Gasteiger partial charge in [-0.3, -0.25) is 4.79 Å². The molecule has 1 amide bonds. The van der Waals surface area contributed by atoms with Crippen molar-refractivity contribution in [3.05, 3.63) is 53.2 Å². The Bertz CT molecular complexity index is 852. The van der Waals surface area contributed by atoms with Gasteiger partial charge in [0.25, 0.3) is 0 Å². The molecule has 2 N–H and O–H groups in total. The molecule has 0 bridgehead atoms. The minimum atomic E-state index is -0.0921. The number of anilines is 2. The summed E-state index contributed by atoms with van der Waals surface area (Å²) >= 11 is 6.82. The summed E-state index contributed by atoms with van der Waals surface area (Å²) in [5.41, 5.74) is 3.76.